The zero-order valence-corrected chi connectivity index (χ0v) is 21.5. The van der Waals surface area contributed by atoms with Gasteiger partial charge in [0, 0.05) is 59.6 Å². The van der Waals surface area contributed by atoms with E-state index in [-0.39, 0.29) is 12.2 Å². The first-order valence-electron chi connectivity index (χ1n) is 10.1. The maximum atomic E-state index is 11.8. The van der Waals surface area contributed by atoms with E-state index in [2.05, 4.69) is 107 Å². The van der Waals surface area contributed by atoms with Crippen molar-refractivity contribution in [3.63, 3.8) is 0 Å². The molecule has 0 atom stereocenters. The Hall–Kier alpha value is -4.50. The van der Waals surface area contributed by atoms with Crippen LogP contribution in [-0.4, -0.2) is 33.3 Å². The summed E-state index contributed by atoms with van der Waals surface area (Å²) in [6, 6.07) is 0. The molecule has 0 aromatic heterocycles. The fourth-order valence-electron chi connectivity index (χ4n) is 1.51. The Balaban J connectivity index is 4.60. The highest BCUT2D eigenvalue weighted by molar-refractivity contribution is 6.37. The van der Waals surface area contributed by atoms with Gasteiger partial charge in [0.2, 0.25) is 0 Å². The van der Waals surface area contributed by atoms with Crippen LogP contribution in [0.3, 0.4) is 0 Å². The van der Waals surface area contributed by atoms with E-state index in [0.717, 1.165) is 6.08 Å². The van der Waals surface area contributed by atoms with Crippen LogP contribution in [0, 0.1) is 107 Å². The predicted octanol–water partition coefficient (Wildman–Crippen LogP) is 2.29. The Labute approximate surface area is 214 Å². The van der Waals surface area contributed by atoms with Gasteiger partial charge < -0.3 is 16.1 Å². The summed E-state index contributed by atoms with van der Waals surface area (Å²) in [5.74, 6) is 41.9. The van der Waals surface area contributed by atoms with E-state index in [0.29, 0.717) is 5.76 Å². The molecule has 6 heteroatoms. The van der Waals surface area contributed by atoms with Gasteiger partial charge in [-0.25, -0.2) is 4.79 Å². The second kappa shape index (κ2) is 21.4. The van der Waals surface area contributed by atoms with E-state index in [1.165, 1.54) is 0 Å². The van der Waals surface area contributed by atoms with Crippen LogP contribution in [0.25, 0.3) is 0 Å². The number of ether oxygens (including phenoxy) is 1. The molecule has 0 rings (SSSR count). The number of hydrogen-bond acceptors (Lipinski definition) is 5. The Kier molecular flexibility index (Phi) is 18.6. The van der Waals surface area contributed by atoms with Crippen molar-refractivity contribution >= 4 is 21.1 Å². The lowest BCUT2D eigenvalue weighted by molar-refractivity contribution is -0.131. The number of rotatable bonds is 7. The summed E-state index contributed by atoms with van der Waals surface area (Å²) in [6.45, 7) is 10.8. The monoisotopic (exact) mass is 476 g/mol. The van der Waals surface area contributed by atoms with Gasteiger partial charge in [-0.2, -0.15) is 0 Å². The highest BCUT2D eigenvalue weighted by atomic mass is 27.3. The van der Waals surface area contributed by atoms with Crippen molar-refractivity contribution in [1.82, 2.24) is 0 Å². The molecule has 0 fully saturated rings. The average molecular weight is 476 g/mol. The quantitative estimate of drug-likeness (QED) is 0.186. The van der Waals surface area contributed by atoms with Gasteiger partial charge in [-0.3, -0.25) is 0 Å². The molecule has 0 aromatic rings. The molecule has 0 saturated carbocycles. The van der Waals surface area contributed by atoms with E-state index in [4.69, 9.17) is 16.1 Å². The molecule has 0 unspecified atom stereocenters. The lowest BCUT2D eigenvalue weighted by Crippen LogP contribution is -2.32. The van der Waals surface area contributed by atoms with Gasteiger partial charge in [0.1, 0.15) is 6.11 Å². The normalized spacial score (nSPS) is 7.83. The van der Waals surface area contributed by atoms with Crippen LogP contribution in [0.15, 0.2) is 11.8 Å². The number of carbonyl (C=O) groups is 1. The number of esters is 1. The van der Waals surface area contributed by atoms with Crippen LogP contribution in [0.2, 0.25) is 0 Å². The Morgan fingerprint density at radius 3 is 1.40 bits per heavy atom. The molecular weight excluding hydrogens is 455 g/mol. The third kappa shape index (κ3) is 22.5. The van der Waals surface area contributed by atoms with E-state index in [9.17, 15) is 4.79 Å². The maximum absolute atomic E-state index is 11.8. The lowest BCUT2D eigenvalue weighted by atomic mass is 10.5. The van der Waals surface area contributed by atoms with Gasteiger partial charge >= 0.3 is 21.1 Å². The van der Waals surface area contributed by atoms with E-state index >= 15 is 0 Å². The smallest absolute Gasteiger partial charge is 0.602 e. The summed E-state index contributed by atoms with van der Waals surface area (Å²) in [6.07, 6.45) is 3.20. The number of allylic oxidation sites excluding steroid dienone is 1. The third-order valence-corrected chi connectivity index (χ3v) is 4.73. The fraction of sp³-hybridized carbons (Fsp3) is 0.276. The Bertz CT molecular complexity index is 1330. The molecule has 0 radical (unpaired) electrons. The van der Waals surface area contributed by atoms with Crippen molar-refractivity contribution in [2.45, 2.75) is 53.8 Å². The first kappa shape index (κ1) is 30.5. The highest BCUT2D eigenvalue weighted by Crippen LogP contribution is 2.07. The molecule has 0 saturated heterocycles. The number of hydrogen-bond donors (Lipinski definition) is 0. The van der Waals surface area contributed by atoms with Crippen LogP contribution >= 0.6 is 0 Å². The summed E-state index contributed by atoms with van der Waals surface area (Å²) < 4.78 is 21.6. The molecule has 0 aromatic carbocycles. The van der Waals surface area contributed by atoms with E-state index < -0.39 is 21.1 Å². The predicted molar refractivity (Wildman–Crippen MR) is 135 cm³/mol. The minimum Gasteiger partial charge on any atom is -0.602 e. The van der Waals surface area contributed by atoms with Gasteiger partial charge in [-0.15, -0.1) is 0 Å². The average Bonchev–Trinajstić information content (AvgIpc) is 2.77. The molecule has 5 nitrogen and oxygen atoms in total. The van der Waals surface area contributed by atoms with E-state index in [1.54, 1.807) is 13.8 Å². The van der Waals surface area contributed by atoms with Crippen LogP contribution in [0.5, 0.6) is 0 Å². The van der Waals surface area contributed by atoms with Gasteiger partial charge in [0.15, 0.2) is 0 Å². The highest BCUT2D eigenvalue weighted by Gasteiger charge is 2.37. The summed E-state index contributed by atoms with van der Waals surface area (Å²) in [7, 11) is 0. The largest absolute Gasteiger partial charge is 1.00 e. The summed E-state index contributed by atoms with van der Waals surface area (Å²) in [4.78, 5) is 11.8. The molecule has 0 bridgehead atoms. The first-order chi connectivity index (χ1) is 16.8. The molecule has 0 spiro atoms. The third-order valence-electron chi connectivity index (χ3n) is 2.63. The Morgan fingerprint density at radius 1 is 0.657 bits per heavy atom. The minimum absolute atomic E-state index is 0.0614. The first-order valence-corrected chi connectivity index (χ1v) is 11.5. The molecule has 0 aliphatic rings. The summed E-state index contributed by atoms with van der Waals surface area (Å²) in [5, 5.41) is 0. The van der Waals surface area contributed by atoms with Gasteiger partial charge in [-0.1, -0.05) is 5.92 Å². The standard InChI is InChI=1S/C23H8O3.2C3H7O.Al/c1-3-4-5-6-7-8-9-10-11-12-13-14-15-16-17-18-19-20-26-23(25)21-22(2)24;2*1-3(2)4;/h21,24H,1-2H3;2*3H,1-2H3;/q;2*-1;+3/p-1/b22-21+;;;. The van der Waals surface area contributed by atoms with Crippen LogP contribution in [-0.2, 0) is 20.9 Å². The maximum Gasteiger partial charge on any atom is 1.00 e. The van der Waals surface area contributed by atoms with Crippen molar-refractivity contribution < 1.29 is 20.9 Å². The summed E-state index contributed by atoms with van der Waals surface area (Å²) in [5.41, 5.74) is 0. The SMILES string of the molecule is CC#CC#CC#CC#CC#CC#CC#CC#CC#COC(=O)/C=C(\C)[O][Al]([O]C(C)C)[O]C(C)C. The van der Waals surface area contributed by atoms with Crippen LogP contribution in [0.4, 0.5) is 0 Å². The number of carbonyl (C=O) groups excluding carboxylic acids is 1. The second-order valence-electron chi connectivity index (χ2n) is 6.30. The molecule has 0 aliphatic heterocycles. The van der Waals surface area contributed by atoms with Gasteiger partial charge in [0.25, 0.3) is 0 Å². The molecule has 170 valence electrons. The fourth-order valence-corrected chi connectivity index (χ4v) is 2.95. The van der Waals surface area contributed by atoms with Crippen molar-refractivity contribution in [3.8, 4) is 107 Å². The van der Waals surface area contributed by atoms with Crippen molar-refractivity contribution in [2.24, 2.45) is 0 Å². The van der Waals surface area contributed by atoms with Crippen LogP contribution in [0.1, 0.15) is 41.5 Å². The molecule has 0 N–H and O–H groups in total. The molecule has 35 heavy (non-hydrogen) atoms. The van der Waals surface area contributed by atoms with Crippen molar-refractivity contribution in [2.75, 3.05) is 0 Å². The molecule has 0 amide bonds. The van der Waals surface area contributed by atoms with Crippen molar-refractivity contribution in [3.05, 3.63) is 11.8 Å². The topological polar surface area (TPSA) is 54.0 Å². The molecule has 0 aliphatic carbocycles. The summed E-state index contributed by atoms with van der Waals surface area (Å²) >= 11 is -2.42. The molecule has 0 heterocycles. The van der Waals surface area contributed by atoms with Crippen LogP contribution < -0.4 is 0 Å². The lowest BCUT2D eigenvalue weighted by Gasteiger charge is -2.18. The minimum atomic E-state index is -2.42. The van der Waals surface area contributed by atoms with Crippen molar-refractivity contribution in [1.29, 1.82) is 0 Å². The van der Waals surface area contributed by atoms with Gasteiger partial charge in [-0.05, 0) is 88.9 Å². The Morgan fingerprint density at radius 2 is 1.03 bits per heavy atom. The van der Waals surface area contributed by atoms with E-state index in [1.807, 2.05) is 27.7 Å². The zero-order chi connectivity index (χ0) is 26.2. The second-order valence-corrected chi connectivity index (χ2v) is 7.66. The molecular formula is C29H21AlO5. The van der Waals surface area contributed by atoms with Gasteiger partial charge in [0.05, 0.1) is 11.8 Å². The zero-order valence-electron chi connectivity index (χ0n) is 20.4.